The average molecular weight is 196 g/mol. The van der Waals surface area contributed by atoms with Crippen molar-refractivity contribution in [2.45, 2.75) is 38.5 Å². The first-order valence-corrected chi connectivity index (χ1v) is 4.90. The predicted molar refractivity (Wildman–Crippen MR) is 51.8 cm³/mol. The van der Waals surface area contributed by atoms with Gasteiger partial charge in [0.15, 0.2) is 0 Å². The Balaban J connectivity index is 2.30. The first-order valence-electron chi connectivity index (χ1n) is 4.90. The van der Waals surface area contributed by atoms with Crippen LogP contribution in [-0.2, 0) is 11.3 Å². The number of hydrogen-bond acceptors (Lipinski definition) is 3. The molecule has 1 saturated heterocycles. The number of rotatable bonds is 2. The van der Waals surface area contributed by atoms with Crippen molar-refractivity contribution in [2.24, 2.45) is 0 Å². The summed E-state index contributed by atoms with van der Waals surface area (Å²) in [4.78, 5) is 4.05. The molecule has 0 radical (unpaired) electrons. The lowest BCUT2D eigenvalue weighted by Gasteiger charge is -2.27. The second-order valence-corrected chi connectivity index (χ2v) is 4.21. The molecule has 1 aliphatic rings. The third-order valence-electron chi connectivity index (χ3n) is 2.91. The predicted octanol–water partition coefficient (Wildman–Crippen LogP) is 1.12. The molecule has 0 aromatic carbocycles. The second-order valence-electron chi connectivity index (χ2n) is 4.21. The number of hydrogen-bond donors (Lipinski definition) is 1. The molecule has 14 heavy (non-hydrogen) atoms. The monoisotopic (exact) mass is 196 g/mol. The van der Waals surface area contributed by atoms with Gasteiger partial charge in [0.05, 0.1) is 36.5 Å². The third-order valence-corrected chi connectivity index (χ3v) is 2.91. The van der Waals surface area contributed by atoms with E-state index in [-0.39, 0.29) is 18.2 Å². The Kier molecular flexibility index (Phi) is 2.33. The lowest BCUT2D eigenvalue weighted by atomic mass is 9.99. The highest BCUT2D eigenvalue weighted by molar-refractivity contribution is 5.03. The van der Waals surface area contributed by atoms with E-state index in [2.05, 4.69) is 18.8 Å². The fourth-order valence-electron chi connectivity index (χ4n) is 2.09. The van der Waals surface area contributed by atoms with Crippen molar-refractivity contribution in [2.75, 3.05) is 6.61 Å². The summed E-state index contributed by atoms with van der Waals surface area (Å²) in [6.07, 6.45) is 4.46. The van der Waals surface area contributed by atoms with E-state index >= 15 is 0 Å². The Morgan fingerprint density at radius 2 is 2.50 bits per heavy atom. The van der Waals surface area contributed by atoms with Gasteiger partial charge in [0.1, 0.15) is 0 Å². The molecule has 1 aromatic heterocycles. The molecule has 2 heterocycles. The molecule has 2 rings (SSSR count). The molecule has 0 amide bonds. The van der Waals surface area contributed by atoms with Gasteiger partial charge in [-0.2, -0.15) is 0 Å². The zero-order valence-corrected chi connectivity index (χ0v) is 8.60. The molecule has 1 fully saturated rings. The van der Waals surface area contributed by atoms with E-state index in [1.807, 2.05) is 4.57 Å². The van der Waals surface area contributed by atoms with Gasteiger partial charge in [-0.15, -0.1) is 0 Å². The van der Waals surface area contributed by atoms with Crippen LogP contribution in [0.5, 0.6) is 0 Å². The van der Waals surface area contributed by atoms with Crippen LogP contribution < -0.4 is 0 Å². The Morgan fingerprint density at radius 3 is 3.07 bits per heavy atom. The first kappa shape index (κ1) is 9.68. The molecule has 1 atom stereocenters. The maximum atomic E-state index is 9.14. The highest BCUT2D eigenvalue weighted by atomic mass is 16.5. The number of aromatic nitrogens is 2. The highest BCUT2D eigenvalue weighted by Gasteiger charge is 2.37. The second kappa shape index (κ2) is 3.37. The van der Waals surface area contributed by atoms with Gasteiger partial charge in [-0.25, -0.2) is 4.98 Å². The number of ether oxygens (including phenoxy) is 1. The van der Waals surface area contributed by atoms with Gasteiger partial charge in [0.2, 0.25) is 0 Å². The van der Waals surface area contributed by atoms with Crippen LogP contribution in [0.15, 0.2) is 12.5 Å². The zero-order valence-electron chi connectivity index (χ0n) is 8.60. The normalized spacial score (nSPS) is 25.5. The quantitative estimate of drug-likeness (QED) is 0.771. The van der Waals surface area contributed by atoms with E-state index in [4.69, 9.17) is 9.84 Å². The van der Waals surface area contributed by atoms with E-state index in [1.165, 1.54) is 0 Å². The molecule has 78 valence electrons. The van der Waals surface area contributed by atoms with Gasteiger partial charge in [-0.05, 0) is 20.3 Å². The van der Waals surface area contributed by atoms with Crippen molar-refractivity contribution >= 4 is 0 Å². The number of aliphatic hydroxyl groups excluding tert-OH is 1. The van der Waals surface area contributed by atoms with Crippen LogP contribution in [-0.4, -0.2) is 26.9 Å². The molecule has 0 saturated carbocycles. The summed E-state index contributed by atoms with van der Waals surface area (Å²) in [6.45, 7) is 4.96. The van der Waals surface area contributed by atoms with Crippen LogP contribution in [0.1, 0.15) is 32.0 Å². The number of nitrogens with zero attached hydrogens (tertiary/aromatic N) is 2. The van der Waals surface area contributed by atoms with Crippen molar-refractivity contribution in [3.8, 4) is 0 Å². The van der Waals surface area contributed by atoms with E-state index in [1.54, 1.807) is 12.5 Å². The standard InChI is InChI=1S/C10H16N2O2/c1-10(2)9(3-4-14-10)12-7-11-5-8(12)6-13/h5,7,9,13H,3-4,6H2,1-2H3. The van der Waals surface area contributed by atoms with Crippen LogP contribution in [0.3, 0.4) is 0 Å². The van der Waals surface area contributed by atoms with Crippen LogP contribution in [0, 0.1) is 0 Å². The number of imidazole rings is 1. The maximum Gasteiger partial charge on any atom is 0.0952 e. The van der Waals surface area contributed by atoms with Gasteiger partial charge >= 0.3 is 0 Å². The molecular formula is C10H16N2O2. The summed E-state index contributed by atoms with van der Waals surface area (Å²) in [5.41, 5.74) is 0.693. The van der Waals surface area contributed by atoms with Crippen LogP contribution in [0.4, 0.5) is 0 Å². The van der Waals surface area contributed by atoms with E-state index in [0.29, 0.717) is 0 Å². The fourth-order valence-corrected chi connectivity index (χ4v) is 2.09. The topological polar surface area (TPSA) is 47.3 Å². The lowest BCUT2D eigenvalue weighted by Crippen LogP contribution is -2.30. The summed E-state index contributed by atoms with van der Waals surface area (Å²) in [5.74, 6) is 0. The summed E-state index contributed by atoms with van der Waals surface area (Å²) in [6, 6.07) is 0.284. The molecule has 4 nitrogen and oxygen atoms in total. The maximum absolute atomic E-state index is 9.14. The van der Waals surface area contributed by atoms with Crippen molar-refractivity contribution < 1.29 is 9.84 Å². The van der Waals surface area contributed by atoms with Gasteiger partial charge in [0.25, 0.3) is 0 Å². The van der Waals surface area contributed by atoms with Crippen molar-refractivity contribution in [3.05, 3.63) is 18.2 Å². The summed E-state index contributed by atoms with van der Waals surface area (Å²) < 4.78 is 7.67. The van der Waals surface area contributed by atoms with Gasteiger partial charge in [-0.3, -0.25) is 0 Å². The molecule has 4 heteroatoms. The molecular weight excluding hydrogens is 180 g/mol. The van der Waals surface area contributed by atoms with Gasteiger partial charge in [0, 0.05) is 6.61 Å². The van der Waals surface area contributed by atoms with E-state index < -0.39 is 0 Å². The van der Waals surface area contributed by atoms with Gasteiger partial charge < -0.3 is 14.4 Å². The zero-order chi connectivity index (χ0) is 10.2. The molecule has 0 bridgehead atoms. The van der Waals surface area contributed by atoms with E-state index in [9.17, 15) is 0 Å². The SMILES string of the molecule is CC1(C)OCCC1n1cncc1CO. The lowest BCUT2D eigenvalue weighted by molar-refractivity contribution is 0.0132. The summed E-state index contributed by atoms with van der Waals surface area (Å²) in [7, 11) is 0. The molecule has 0 spiro atoms. The Bertz CT molecular complexity index is 320. The Hall–Kier alpha value is -0.870. The number of aliphatic hydroxyl groups is 1. The summed E-state index contributed by atoms with van der Waals surface area (Å²) in [5, 5.41) is 9.14. The minimum atomic E-state index is -0.162. The molecule has 1 aromatic rings. The minimum absolute atomic E-state index is 0.0343. The molecule has 1 N–H and O–H groups in total. The van der Waals surface area contributed by atoms with Crippen LogP contribution in [0.25, 0.3) is 0 Å². The Morgan fingerprint density at radius 1 is 1.71 bits per heavy atom. The molecule has 0 aliphatic carbocycles. The van der Waals surface area contributed by atoms with Crippen molar-refractivity contribution in [1.82, 2.24) is 9.55 Å². The first-order chi connectivity index (χ1) is 6.65. The van der Waals surface area contributed by atoms with E-state index in [0.717, 1.165) is 18.7 Å². The smallest absolute Gasteiger partial charge is 0.0952 e. The fraction of sp³-hybridized carbons (Fsp3) is 0.700. The van der Waals surface area contributed by atoms with Crippen molar-refractivity contribution in [1.29, 1.82) is 0 Å². The summed E-state index contributed by atoms with van der Waals surface area (Å²) >= 11 is 0. The van der Waals surface area contributed by atoms with Crippen LogP contribution >= 0.6 is 0 Å². The minimum Gasteiger partial charge on any atom is -0.390 e. The highest BCUT2D eigenvalue weighted by Crippen LogP contribution is 2.36. The Labute approximate surface area is 83.5 Å². The van der Waals surface area contributed by atoms with Crippen LogP contribution in [0.2, 0.25) is 0 Å². The third kappa shape index (κ3) is 1.44. The largest absolute Gasteiger partial charge is 0.390 e. The average Bonchev–Trinajstić information content (AvgIpc) is 2.69. The molecule has 1 unspecified atom stereocenters. The van der Waals surface area contributed by atoms with Gasteiger partial charge in [-0.1, -0.05) is 0 Å². The molecule has 1 aliphatic heterocycles. The van der Waals surface area contributed by atoms with Crippen molar-refractivity contribution in [3.63, 3.8) is 0 Å².